The molecule has 0 radical (unpaired) electrons. The average Bonchev–Trinajstić information content (AvgIpc) is 2.37. The quantitative estimate of drug-likeness (QED) is 0.684. The van der Waals surface area contributed by atoms with Gasteiger partial charge in [-0.25, -0.2) is 4.79 Å². The molecule has 112 valence electrons. The molecule has 0 unspecified atom stereocenters. The van der Waals surface area contributed by atoms with E-state index in [4.69, 9.17) is 0 Å². The van der Waals surface area contributed by atoms with Crippen molar-refractivity contribution in [3.8, 4) is 0 Å². The summed E-state index contributed by atoms with van der Waals surface area (Å²) < 4.78 is 0. The highest BCUT2D eigenvalue weighted by Crippen LogP contribution is 2.40. The number of carbonyl (C=O) groups is 1. The monoisotopic (exact) mass is 284 g/mol. The van der Waals surface area contributed by atoms with Gasteiger partial charge in [-0.15, -0.1) is 19.7 Å². The van der Waals surface area contributed by atoms with Gasteiger partial charge in [0.1, 0.15) is 0 Å². The van der Waals surface area contributed by atoms with Crippen molar-refractivity contribution < 1.29 is 9.90 Å². The van der Waals surface area contributed by atoms with Crippen LogP contribution in [0.2, 0.25) is 0 Å². The molecule has 0 amide bonds. The molecule has 0 aliphatic rings. The minimum Gasteiger partial charge on any atom is -0.478 e. The molecule has 0 fully saturated rings. The lowest BCUT2D eigenvalue weighted by Gasteiger charge is -2.34. The third-order valence-electron chi connectivity index (χ3n) is 3.87. The van der Waals surface area contributed by atoms with Gasteiger partial charge < -0.3 is 5.11 Å². The number of hydrogen-bond acceptors (Lipinski definition) is 1. The van der Waals surface area contributed by atoms with Crippen molar-refractivity contribution >= 4 is 5.97 Å². The number of carboxylic acids is 1. The van der Waals surface area contributed by atoms with Crippen molar-refractivity contribution in [3.63, 3.8) is 0 Å². The minimum absolute atomic E-state index is 0.338. The van der Waals surface area contributed by atoms with Crippen molar-refractivity contribution in [2.45, 2.75) is 38.5 Å². The van der Waals surface area contributed by atoms with Crippen molar-refractivity contribution in [2.75, 3.05) is 0 Å². The molecule has 0 aliphatic carbocycles. The molecule has 1 aromatic carbocycles. The minimum atomic E-state index is -0.885. The Morgan fingerprint density at radius 1 is 1.10 bits per heavy atom. The summed E-state index contributed by atoms with van der Waals surface area (Å²) in [5.74, 6) is -0.885. The number of hydrogen-bond donors (Lipinski definition) is 1. The van der Waals surface area contributed by atoms with E-state index in [-0.39, 0.29) is 5.41 Å². The number of benzene rings is 1. The largest absolute Gasteiger partial charge is 0.478 e. The average molecular weight is 284 g/mol. The summed E-state index contributed by atoms with van der Waals surface area (Å²) in [6.45, 7) is 15.4. The summed E-state index contributed by atoms with van der Waals surface area (Å²) in [4.78, 5) is 11.7. The molecular formula is C19H24O2. The molecule has 2 nitrogen and oxygen atoms in total. The number of rotatable bonds is 8. The molecule has 1 aromatic rings. The zero-order valence-electron chi connectivity index (χ0n) is 13.0. The third-order valence-corrected chi connectivity index (χ3v) is 3.87. The Hall–Kier alpha value is -2.09. The molecule has 0 aromatic heterocycles. The van der Waals surface area contributed by atoms with Gasteiger partial charge in [0, 0.05) is 5.41 Å². The molecule has 0 saturated heterocycles. The first-order chi connectivity index (χ1) is 9.91. The molecule has 1 rings (SSSR count). The van der Waals surface area contributed by atoms with Crippen molar-refractivity contribution in [1.82, 2.24) is 0 Å². The first-order valence-electron chi connectivity index (χ1n) is 7.09. The van der Waals surface area contributed by atoms with E-state index in [1.165, 1.54) is 0 Å². The van der Waals surface area contributed by atoms with Crippen molar-refractivity contribution in [1.29, 1.82) is 0 Å². The zero-order valence-corrected chi connectivity index (χ0v) is 13.0. The Balaban J connectivity index is 3.69. The van der Waals surface area contributed by atoms with Crippen LogP contribution < -0.4 is 0 Å². The number of allylic oxidation sites excluding steroid dienone is 3. The zero-order chi connectivity index (χ0) is 16.0. The van der Waals surface area contributed by atoms with E-state index < -0.39 is 5.97 Å². The Morgan fingerprint density at radius 2 is 1.57 bits per heavy atom. The lowest BCUT2D eigenvalue weighted by atomic mass is 9.69. The lowest BCUT2D eigenvalue weighted by molar-refractivity contribution is 0.0692. The summed E-state index contributed by atoms with van der Waals surface area (Å²) in [6.07, 6.45) is 7.60. The van der Waals surface area contributed by atoms with Crippen molar-refractivity contribution in [3.05, 3.63) is 72.4 Å². The van der Waals surface area contributed by atoms with Crippen LogP contribution >= 0.6 is 0 Å². The van der Waals surface area contributed by atoms with Gasteiger partial charge in [-0.3, -0.25) is 0 Å². The van der Waals surface area contributed by atoms with Gasteiger partial charge in [-0.1, -0.05) is 35.9 Å². The van der Waals surface area contributed by atoms with Crippen LogP contribution in [0.5, 0.6) is 0 Å². The van der Waals surface area contributed by atoms with Crippen molar-refractivity contribution in [2.24, 2.45) is 0 Å². The van der Waals surface area contributed by atoms with Crippen LogP contribution in [0.25, 0.3) is 0 Å². The fourth-order valence-corrected chi connectivity index (χ4v) is 3.08. The first kappa shape index (κ1) is 17.0. The summed E-state index contributed by atoms with van der Waals surface area (Å²) in [5, 5.41) is 9.63. The molecule has 1 N–H and O–H groups in total. The highest BCUT2D eigenvalue weighted by atomic mass is 16.4. The smallest absolute Gasteiger partial charge is 0.336 e. The number of carboxylic acid groups (broad SMARTS) is 1. The summed E-state index contributed by atoms with van der Waals surface area (Å²) in [7, 11) is 0. The van der Waals surface area contributed by atoms with E-state index in [0.717, 1.165) is 16.7 Å². The van der Waals surface area contributed by atoms with Gasteiger partial charge in [0.15, 0.2) is 0 Å². The highest BCUT2D eigenvalue weighted by molar-refractivity contribution is 5.91. The molecule has 0 spiro atoms. The topological polar surface area (TPSA) is 37.3 Å². The van der Waals surface area contributed by atoms with E-state index in [9.17, 15) is 9.90 Å². The van der Waals surface area contributed by atoms with Crippen LogP contribution in [0.1, 0.15) is 46.3 Å². The Kier molecular flexibility index (Phi) is 5.71. The fraction of sp³-hybridized carbons (Fsp3) is 0.316. The lowest BCUT2D eigenvalue weighted by Crippen LogP contribution is -2.28. The second-order valence-corrected chi connectivity index (χ2v) is 5.57. The fourth-order valence-electron chi connectivity index (χ4n) is 3.08. The molecule has 0 heterocycles. The van der Waals surface area contributed by atoms with Crippen LogP contribution in [-0.4, -0.2) is 11.1 Å². The maximum Gasteiger partial charge on any atom is 0.336 e. The SMILES string of the molecule is C=CCC(CC=C)(CC=C)c1cc(C)cc(C)c1C(=O)O. The standard InChI is InChI=1S/C19H24O2/c1-6-9-19(10-7-2,11-8-3)16-13-14(4)12-15(5)17(16)18(20)21/h6-8,12-13H,1-3,9-11H2,4-5H3,(H,20,21). The highest BCUT2D eigenvalue weighted by Gasteiger charge is 2.33. The Morgan fingerprint density at radius 3 is 1.95 bits per heavy atom. The Bertz CT molecular complexity index is 541. The predicted molar refractivity (Wildman–Crippen MR) is 89.0 cm³/mol. The molecule has 0 saturated carbocycles. The van der Waals surface area contributed by atoms with E-state index in [1.54, 1.807) is 0 Å². The van der Waals surface area contributed by atoms with E-state index in [2.05, 4.69) is 19.7 Å². The molecule has 0 bridgehead atoms. The van der Waals surface area contributed by atoms with Crippen LogP contribution in [0, 0.1) is 13.8 Å². The van der Waals surface area contributed by atoms with Gasteiger partial charge in [0.05, 0.1) is 5.56 Å². The molecule has 0 aliphatic heterocycles. The first-order valence-corrected chi connectivity index (χ1v) is 7.09. The summed E-state index contributed by atoms with van der Waals surface area (Å²) in [5.41, 5.74) is 2.77. The second-order valence-electron chi connectivity index (χ2n) is 5.57. The number of aromatic carboxylic acids is 1. The van der Waals surface area contributed by atoms with Gasteiger partial charge >= 0.3 is 5.97 Å². The molecular weight excluding hydrogens is 260 g/mol. The Labute approximate surface area is 127 Å². The van der Waals surface area contributed by atoms with E-state index in [0.29, 0.717) is 24.8 Å². The van der Waals surface area contributed by atoms with Gasteiger partial charge in [-0.05, 0) is 44.2 Å². The van der Waals surface area contributed by atoms with Crippen LogP contribution in [-0.2, 0) is 5.41 Å². The van der Waals surface area contributed by atoms with Crippen LogP contribution in [0.4, 0.5) is 0 Å². The summed E-state index contributed by atoms with van der Waals surface area (Å²) >= 11 is 0. The molecule has 0 atom stereocenters. The van der Waals surface area contributed by atoms with Crippen LogP contribution in [0.3, 0.4) is 0 Å². The summed E-state index contributed by atoms with van der Waals surface area (Å²) in [6, 6.07) is 3.89. The second kappa shape index (κ2) is 7.07. The van der Waals surface area contributed by atoms with Gasteiger partial charge in [-0.2, -0.15) is 0 Å². The van der Waals surface area contributed by atoms with Gasteiger partial charge in [0.25, 0.3) is 0 Å². The normalized spacial score (nSPS) is 11.0. The van der Waals surface area contributed by atoms with Crippen LogP contribution in [0.15, 0.2) is 50.1 Å². The predicted octanol–water partition coefficient (Wildman–Crippen LogP) is 4.97. The molecule has 2 heteroatoms. The maximum absolute atomic E-state index is 11.7. The van der Waals surface area contributed by atoms with E-state index in [1.807, 2.05) is 44.2 Å². The number of aryl methyl sites for hydroxylation is 2. The molecule has 21 heavy (non-hydrogen) atoms. The van der Waals surface area contributed by atoms with Gasteiger partial charge in [0.2, 0.25) is 0 Å². The maximum atomic E-state index is 11.7. The van der Waals surface area contributed by atoms with E-state index >= 15 is 0 Å². The third kappa shape index (κ3) is 3.52.